The number of benzene rings is 1. The fraction of sp³-hybridized carbons (Fsp3) is 0.529. The summed E-state index contributed by atoms with van der Waals surface area (Å²) in [5, 5.41) is 2.68. The zero-order valence-electron chi connectivity index (χ0n) is 13.9. The molecule has 0 unspecified atom stereocenters. The zero-order valence-corrected chi connectivity index (χ0v) is 13.9. The average molecular weight is 319 g/mol. The second kappa shape index (κ2) is 8.41. The van der Waals surface area contributed by atoms with Crippen LogP contribution >= 0.6 is 0 Å². The number of carbonyl (C=O) groups excluding carboxylic acids is 2. The lowest BCUT2D eigenvalue weighted by Gasteiger charge is -2.36. The zero-order chi connectivity index (χ0) is 16.7. The molecule has 1 N–H and O–H groups in total. The summed E-state index contributed by atoms with van der Waals surface area (Å²) in [5.41, 5.74) is 1.05. The minimum absolute atomic E-state index is 0.0193. The van der Waals surface area contributed by atoms with Crippen LogP contribution in [-0.4, -0.2) is 56.5 Å². The van der Waals surface area contributed by atoms with Gasteiger partial charge in [-0.3, -0.25) is 9.59 Å². The molecule has 6 nitrogen and oxygen atoms in total. The molecular formula is C17H25N3O3. The highest BCUT2D eigenvalue weighted by Crippen LogP contribution is 2.28. The predicted octanol–water partition coefficient (Wildman–Crippen LogP) is 1.26. The number of methoxy groups -OCH3 is 1. The van der Waals surface area contributed by atoms with Crippen molar-refractivity contribution in [3.05, 3.63) is 24.3 Å². The molecule has 0 aliphatic carbocycles. The number of anilines is 1. The SMILES string of the molecule is CCCC(=O)NCC(=O)N1CCN(c2ccccc2OC)CC1. The van der Waals surface area contributed by atoms with Crippen LogP contribution in [0.15, 0.2) is 24.3 Å². The van der Waals surface area contributed by atoms with Crippen molar-refractivity contribution in [2.24, 2.45) is 0 Å². The predicted molar refractivity (Wildman–Crippen MR) is 89.7 cm³/mol. The van der Waals surface area contributed by atoms with E-state index < -0.39 is 0 Å². The van der Waals surface area contributed by atoms with Crippen LogP contribution in [0, 0.1) is 0 Å². The molecular weight excluding hydrogens is 294 g/mol. The van der Waals surface area contributed by atoms with Gasteiger partial charge in [-0.1, -0.05) is 19.1 Å². The first-order chi connectivity index (χ1) is 11.2. The second-order valence-electron chi connectivity index (χ2n) is 5.57. The number of hydrogen-bond acceptors (Lipinski definition) is 4. The van der Waals surface area contributed by atoms with Crippen molar-refractivity contribution < 1.29 is 14.3 Å². The molecule has 1 aromatic rings. The number of piperazine rings is 1. The Bertz CT molecular complexity index is 540. The van der Waals surface area contributed by atoms with Crippen molar-refractivity contribution in [3.8, 4) is 5.75 Å². The third-order valence-electron chi connectivity index (χ3n) is 3.97. The van der Waals surface area contributed by atoms with Crippen LogP contribution in [0.4, 0.5) is 5.69 Å². The van der Waals surface area contributed by atoms with Crippen molar-refractivity contribution in [1.29, 1.82) is 0 Å². The molecule has 23 heavy (non-hydrogen) atoms. The molecule has 1 aliphatic heterocycles. The van der Waals surface area contributed by atoms with Gasteiger partial charge in [0.1, 0.15) is 5.75 Å². The Labute approximate surface area is 137 Å². The Kier molecular flexibility index (Phi) is 6.26. The Morgan fingerprint density at radius 3 is 2.52 bits per heavy atom. The summed E-state index contributed by atoms with van der Waals surface area (Å²) < 4.78 is 5.39. The molecule has 0 bridgehead atoms. The van der Waals surface area contributed by atoms with E-state index in [1.165, 1.54) is 0 Å². The Morgan fingerprint density at radius 1 is 1.17 bits per heavy atom. The summed E-state index contributed by atoms with van der Waals surface area (Å²) in [6, 6.07) is 7.90. The molecule has 0 atom stereocenters. The first kappa shape index (κ1) is 17.1. The number of amides is 2. The lowest BCUT2D eigenvalue weighted by molar-refractivity contribution is -0.133. The first-order valence-electron chi connectivity index (χ1n) is 8.08. The molecule has 1 fully saturated rings. The number of rotatable bonds is 6. The van der Waals surface area contributed by atoms with Gasteiger partial charge in [-0.25, -0.2) is 0 Å². The minimum Gasteiger partial charge on any atom is -0.495 e. The van der Waals surface area contributed by atoms with Gasteiger partial charge in [0.2, 0.25) is 11.8 Å². The quantitative estimate of drug-likeness (QED) is 0.857. The van der Waals surface area contributed by atoms with Crippen LogP contribution in [-0.2, 0) is 9.59 Å². The minimum atomic E-state index is -0.0616. The lowest BCUT2D eigenvalue weighted by atomic mass is 10.2. The van der Waals surface area contributed by atoms with Gasteiger partial charge in [0.15, 0.2) is 0 Å². The maximum Gasteiger partial charge on any atom is 0.242 e. The smallest absolute Gasteiger partial charge is 0.242 e. The van der Waals surface area contributed by atoms with Crippen LogP contribution < -0.4 is 15.0 Å². The molecule has 1 aliphatic rings. The Morgan fingerprint density at radius 2 is 1.87 bits per heavy atom. The maximum atomic E-state index is 12.1. The van der Waals surface area contributed by atoms with Crippen molar-refractivity contribution in [2.75, 3.05) is 44.7 Å². The van der Waals surface area contributed by atoms with Gasteiger partial charge in [0.25, 0.3) is 0 Å². The third-order valence-corrected chi connectivity index (χ3v) is 3.97. The van der Waals surface area contributed by atoms with E-state index >= 15 is 0 Å². The van der Waals surface area contributed by atoms with E-state index in [0.717, 1.165) is 30.9 Å². The molecule has 2 rings (SSSR count). The van der Waals surface area contributed by atoms with E-state index in [9.17, 15) is 9.59 Å². The Hall–Kier alpha value is -2.24. The summed E-state index contributed by atoms with van der Waals surface area (Å²) in [7, 11) is 1.66. The molecule has 0 aromatic heterocycles. The molecule has 1 saturated heterocycles. The van der Waals surface area contributed by atoms with Crippen LogP contribution in [0.25, 0.3) is 0 Å². The largest absolute Gasteiger partial charge is 0.495 e. The van der Waals surface area contributed by atoms with Gasteiger partial charge in [0.05, 0.1) is 19.3 Å². The van der Waals surface area contributed by atoms with Crippen molar-refractivity contribution in [1.82, 2.24) is 10.2 Å². The highest BCUT2D eigenvalue weighted by atomic mass is 16.5. The summed E-state index contributed by atoms with van der Waals surface area (Å²) in [6.45, 7) is 4.86. The molecule has 0 radical (unpaired) electrons. The number of ether oxygens (including phenoxy) is 1. The monoisotopic (exact) mass is 319 g/mol. The summed E-state index contributed by atoms with van der Waals surface area (Å²) in [6.07, 6.45) is 1.26. The number of hydrogen-bond donors (Lipinski definition) is 1. The van der Waals surface area contributed by atoms with Crippen LogP contribution in [0.5, 0.6) is 5.75 Å². The molecule has 2 amide bonds. The number of para-hydroxylation sites is 2. The van der Waals surface area contributed by atoms with Crippen LogP contribution in [0.2, 0.25) is 0 Å². The summed E-state index contributed by atoms with van der Waals surface area (Å²) in [5.74, 6) is 0.766. The van der Waals surface area contributed by atoms with E-state index in [2.05, 4.69) is 10.2 Å². The van der Waals surface area contributed by atoms with Crippen molar-refractivity contribution >= 4 is 17.5 Å². The van der Waals surface area contributed by atoms with Gasteiger partial charge in [-0.05, 0) is 18.6 Å². The summed E-state index contributed by atoms with van der Waals surface area (Å²) in [4.78, 5) is 27.6. The summed E-state index contributed by atoms with van der Waals surface area (Å²) >= 11 is 0. The fourth-order valence-corrected chi connectivity index (χ4v) is 2.69. The topological polar surface area (TPSA) is 61.9 Å². The average Bonchev–Trinajstić information content (AvgIpc) is 2.60. The highest BCUT2D eigenvalue weighted by molar-refractivity contribution is 5.84. The van der Waals surface area contributed by atoms with Crippen LogP contribution in [0.3, 0.4) is 0 Å². The standard InChI is InChI=1S/C17H25N3O3/c1-3-6-16(21)18-13-17(22)20-11-9-19(10-12-20)14-7-4-5-8-15(14)23-2/h4-5,7-8H,3,6,9-13H2,1-2H3,(H,18,21). The molecule has 6 heteroatoms. The maximum absolute atomic E-state index is 12.1. The molecule has 0 saturated carbocycles. The van der Waals surface area contributed by atoms with E-state index in [1.807, 2.05) is 31.2 Å². The number of nitrogens with zero attached hydrogens (tertiary/aromatic N) is 2. The van der Waals surface area contributed by atoms with Crippen LogP contribution in [0.1, 0.15) is 19.8 Å². The van der Waals surface area contributed by atoms with Crippen molar-refractivity contribution in [3.63, 3.8) is 0 Å². The third kappa shape index (κ3) is 4.61. The number of nitrogens with one attached hydrogen (secondary N) is 1. The van der Waals surface area contributed by atoms with Gasteiger partial charge in [-0.15, -0.1) is 0 Å². The number of carbonyl (C=O) groups is 2. The fourth-order valence-electron chi connectivity index (χ4n) is 2.69. The Balaban J connectivity index is 1.83. The van der Waals surface area contributed by atoms with Gasteiger partial charge in [-0.2, -0.15) is 0 Å². The van der Waals surface area contributed by atoms with Crippen molar-refractivity contribution in [2.45, 2.75) is 19.8 Å². The van der Waals surface area contributed by atoms with Gasteiger partial charge < -0.3 is 19.9 Å². The molecule has 1 heterocycles. The van der Waals surface area contributed by atoms with Gasteiger partial charge >= 0.3 is 0 Å². The van der Waals surface area contributed by atoms with E-state index in [0.29, 0.717) is 19.5 Å². The highest BCUT2D eigenvalue weighted by Gasteiger charge is 2.22. The normalized spacial score (nSPS) is 14.5. The van der Waals surface area contributed by atoms with E-state index in [1.54, 1.807) is 12.0 Å². The lowest BCUT2D eigenvalue weighted by Crippen LogP contribution is -2.51. The molecule has 1 aromatic carbocycles. The molecule has 126 valence electrons. The molecule has 0 spiro atoms. The van der Waals surface area contributed by atoms with Gasteiger partial charge in [0, 0.05) is 32.6 Å². The van der Waals surface area contributed by atoms with E-state index in [-0.39, 0.29) is 18.4 Å². The second-order valence-corrected chi connectivity index (χ2v) is 5.57. The first-order valence-corrected chi connectivity index (χ1v) is 8.08. The van der Waals surface area contributed by atoms with E-state index in [4.69, 9.17) is 4.74 Å².